The molecule has 3 rings (SSSR count). The molecule has 0 radical (unpaired) electrons. The van der Waals surface area contributed by atoms with E-state index in [-0.39, 0.29) is 29.6 Å². The average Bonchev–Trinajstić information content (AvgIpc) is 3.29. The van der Waals surface area contributed by atoms with Crippen LogP contribution < -0.4 is 5.32 Å². The van der Waals surface area contributed by atoms with Crippen LogP contribution in [0.3, 0.4) is 0 Å². The summed E-state index contributed by atoms with van der Waals surface area (Å²) in [7, 11) is 1.72. The Morgan fingerprint density at radius 3 is 2.50 bits per heavy atom. The molecule has 0 spiro atoms. The summed E-state index contributed by atoms with van der Waals surface area (Å²) in [5.74, 6) is -0.689. The van der Waals surface area contributed by atoms with Crippen LogP contribution in [0.4, 0.5) is 9.18 Å². The molecule has 1 fully saturated rings. The Morgan fingerprint density at radius 2 is 1.87 bits per heavy atom. The van der Waals surface area contributed by atoms with Gasteiger partial charge in [-0.1, -0.05) is 6.07 Å². The number of thiophene rings is 1. The van der Waals surface area contributed by atoms with Gasteiger partial charge in [-0.2, -0.15) is 0 Å². The lowest BCUT2D eigenvalue weighted by atomic mass is 10.0. The van der Waals surface area contributed by atoms with Crippen molar-refractivity contribution in [3.8, 4) is 0 Å². The van der Waals surface area contributed by atoms with E-state index in [2.05, 4.69) is 10.2 Å². The lowest BCUT2D eigenvalue weighted by Crippen LogP contribution is -2.50. The van der Waals surface area contributed by atoms with E-state index in [4.69, 9.17) is 0 Å². The number of Topliss-reactive ketones (excluding diaryl/α,β-unsaturated/α-hetero) is 1. The lowest BCUT2D eigenvalue weighted by molar-refractivity contribution is 0.0926. The van der Waals surface area contributed by atoms with E-state index in [0.717, 1.165) is 38.9 Å². The van der Waals surface area contributed by atoms with Crippen LogP contribution in [0.15, 0.2) is 41.8 Å². The minimum atomic E-state index is -0.378. The summed E-state index contributed by atoms with van der Waals surface area (Å²) >= 11 is 1.30. The number of imide groups is 1. The van der Waals surface area contributed by atoms with Gasteiger partial charge in [-0.3, -0.25) is 14.9 Å². The molecule has 1 saturated heterocycles. The molecule has 0 saturated carbocycles. The van der Waals surface area contributed by atoms with Gasteiger partial charge in [-0.05, 0) is 61.5 Å². The summed E-state index contributed by atoms with van der Waals surface area (Å²) in [6, 6.07) is 8.82. The number of benzene rings is 1. The Balaban J connectivity index is 1.36. The molecule has 0 atom stereocenters. The maximum absolute atomic E-state index is 12.9. The molecule has 6 nitrogen and oxygen atoms in total. The van der Waals surface area contributed by atoms with Crippen LogP contribution in [0.1, 0.15) is 45.7 Å². The van der Waals surface area contributed by atoms with Crippen molar-refractivity contribution < 1.29 is 18.8 Å². The molecule has 0 bridgehead atoms. The van der Waals surface area contributed by atoms with Gasteiger partial charge in [-0.15, -0.1) is 11.3 Å². The number of rotatable bonds is 7. The van der Waals surface area contributed by atoms with E-state index in [1.165, 1.54) is 35.6 Å². The van der Waals surface area contributed by atoms with Gasteiger partial charge >= 0.3 is 6.03 Å². The highest BCUT2D eigenvalue weighted by Crippen LogP contribution is 2.17. The van der Waals surface area contributed by atoms with Crippen molar-refractivity contribution in [3.05, 3.63) is 58.0 Å². The number of carbonyl (C=O) groups is 3. The highest BCUT2D eigenvalue weighted by molar-refractivity contribution is 7.12. The van der Waals surface area contributed by atoms with E-state index in [1.807, 2.05) is 0 Å². The number of amides is 3. The van der Waals surface area contributed by atoms with Crippen molar-refractivity contribution in [2.75, 3.05) is 26.7 Å². The predicted molar refractivity (Wildman–Crippen MR) is 114 cm³/mol. The van der Waals surface area contributed by atoms with Crippen molar-refractivity contribution in [3.63, 3.8) is 0 Å². The number of nitrogens with one attached hydrogen (secondary N) is 1. The van der Waals surface area contributed by atoms with Gasteiger partial charge in [0.1, 0.15) is 5.82 Å². The number of piperidine rings is 1. The number of urea groups is 1. The Labute approximate surface area is 179 Å². The fraction of sp³-hybridized carbons (Fsp3) is 0.409. The predicted octanol–water partition coefficient (Wildman–Crippen LogP) is 3.80. The van der Waals surface area contributed by atoms with Crippen molar-refractivity contribution in [1.82, 2.24) is 15.1 Å². The second kappa shape index (κ2) is 10.4. The molecule has 1 aliphatic heterocycles. The van der Waals surface area contributed by atoms with Crippen LogP contribution >= 0.6 is 11.3 Å². The van der Waals surface area contributed by atoms with Crippen molar-refractivity contribution in [1.29, 1.82) is 0 Å². The average molecular weight is 432 g/mol. The van der Waals surface area contributed by atoms with Crippen LogP contribution in [-0.4, -0.2) is 60.2 Å². The zero-order valence-electron chi connectivity index (χ0n) is 17.0. The molecule has 1 N–H and O–H groups in total. The van der Waals surface area contributed by atoms with Gasteiger partial charge in [0.15, 0.2) is 5.78 Å². The minimum absolute atomic E-state index is 0.0247. The number of likely N-dealkylation sites (tertiary alicyclic amines) is 1. The van der Waals surface area contributed by atoms with Crippen LogP contribution in [0.2, 0.25) is 0 Å². The summed E-state index contributed by atoms with van der Waals surface area (Å²) in [6.45, 7) is 2.49. The fourth-order valence-electron chi connectivity index (χ4n) is 3.59. The highest BCUT2D eigenvalue weighted by atomic mass is 32.1. The van der Waals surface area contributed by atoms with Crippen LogP contribution in [0.5, 0.6) is 0 Å². The van der Waals surface area contributed by atoms with Crippen LogP contribution in [0, 0.1) is 5.82 Å². The number of nitrogens with zero attached hydrogens (tertiary/aromatic N) is 2. The number of halogens is 1. The van der Waals surface area contributed by atoms with Gasteiger partial charge in [0.25, 0.3) is 5.91 Å². The summed E-state index contributed by atoms with van der Waals surface area (Å²) in [6.07, 6.45) is 2.82. The maximum Gasteiger partial charge on any atom is 0.324 e. The lowest BCUT2D eigenvalue weighted by Gasteiger charge is -2.36. The van der Waals surface area contributed by atoms with Crippen LogP contribution in [-0.2, 0) is 0 Å². The molecular formula is C22H26FN3O3S. The van der Waals surface area contributed by atoms with E-state index < -0.39 is 0 Å². The molecule has 160 valence electrons. The van der Waals surface area contributed by atoms with E-state index in [9.17, 15) is 18.8 Å². The first-order chi connectivity index (χ1) is 14.4. The Morgan fingerprint density at radius 1 is 1.17 bits per heavy atom. The third kappa shape index (κ3) is 5.96. The molecule has 8 heteroatoms. The summed E-state index contributed by atoms with van der Waals surface area (Å²) < 4.78 is 12.9. The third-order valence-electron chi connectivity index (χ3n) is 5.43. The molecular weight excluding hydrogens is 405 g/mol. The molecule has 1 aliphatic rings. The molecule has 1 aromatic heterocycles. The Bertz CT molecular complexity index is 862. The summed E-state index contributed by atoms with van der Waals surface area (Å²) in [4.78, 5) is 41.0. The zero-order chi connectivity index (χ0) is 21.5. The fourth-order valence-corrected chi connectivity index (χ4v) is 4.21. The first-order valence-corrected chi connectivity index (χ1v) is 10.9. The van der Waals surface area contributed by atoms with Gasteiger partial charge in [-0.25, -0.2) is 9.18 Å². The topological polar surface area (TPSA) is 69.7 Å². The van der Waals surface area contributed by atoms with E-state index in [1.54, 1.807) is 29.5 Å². The molecule has 1 aromatic carbocycles. The first-order valence-electron chi connectivity index (χ1n) is 10.1. The zero-order valence-corrected chi connectivity index (χ0v) is 17.8. The van der Waals surface area contributed by atoms with E-state index >= 15 is 0 Å². The standard InChI is InChI=1S/C22H26FN3O3S/c1-25(22(29)24-21(28)20-5-3-15-30-20)18-10-13-26(14-11-18)12-2-4-19(27)16-6-8-17(23)9-7-16/h3,5-9,15,18H,2,4,10-14H2,1H3,(H,24,28,29). The minimum Gasteiger partial charge on any atom is -0.324 e. The third-order valence-corrected chi connectivity index (χ3v) is 6.30. The van der Waals surface area contributed by atoms with E-state index in [0.29, 0.717) is 16.9 Å². The maximum atomic E-state index is 12.9. The number of hydrogen-bond acceptors (Lipinski definition) is 5. The second-order valence-electron chi connectivity index (χ2n) is 7.45. The first kappa shape index (κ1) is 22.1. The smallest absolute Gasteiger partial charge is 0.324 e. The summed E-state index contributed by atoms with van der Waals surface area (Å²) in [5, 5.41) is 4.24. The molecule has 2 heterocycles. The second-order valence-corrected chi connectivity index (χ2v) is 8.40. The van der Waals surface area contributed by atoms with Crippen molar-refractivity contribution in [2.24, 2.45) is 0 Å². The Hall–Kier alpha value is -2.58. The molecule has 0 aliphatic carbocycles. The number of ketones is 1. The van der Waals surface area contributed by atoms with Gasteiger partial charge in [0, 0.05) is 38.2 Å². The number of hydrogen-bond donors (Lipinski definition) is 1. The van der Waals surface area contributed by atoms with Gasteiger partial charge in [0.05, 0.1) is 4.88 Å². The number of carbonyl (C=O) groups excluding carboxylic acids is 3. The Kier molecular flexibility index (Phi) is 7.70. The quantitative estimate of drug-likeness (QED) is 0.677. The molecule has 0 unspecified atom stereocenters. The van der Waals surface area contributed by atoms with Gasteiger partial charge in [0.2, 0.25) is 0 Å². The van der Waals surface area contributed by atoms with Gasteiger partial charge < -0.3 is 9.80 Å². The molecule has 30 heavy (non-hydrogen) atoms. The monoisotopic (exact) mass is 431 g/mol. The normalized spacial score (nSPS) is 15.0. The largest absolute Gasteiger partial charge is 0.324 e. The SMILES string of the molecule is CN(C(=O)NC(=O)c1cccs1)C1CCN(CCCC(=O)c2ccc(F)cc2)CC1. The summed E-state index contributed by atoms with van der Waals surface area (Å²) in [5.41, 5.74) is 0.542. The molecule has 2 aromatic rings. The van der Waals surface area contributed by atoms with Crippen LogP contribution in [0.25, 0.3) is 0 Å². The van der Waals surface area contributed by atoms with Crippen molar-refractivity contribution in [2.45, 2.75) is 31.7 Å². The molecule has 3 amide bonds. The van der Waals surface area contributed by atoms with Crippen molar-refractivity contribution >= 4 is 29.1 Å². The highest BCUT2D eigenvalue weighted by Gasteiger charge is 2.26.